The van der Waals surface area contributed by atoms with Crippen molar-refractivity contribution >= 4 is 11.9 Å². The summed E-state index contributed by atoms with van der Waals surface area (Å²) in [5.41, 5.74) is 1.83. The maximum atomic E-state index is 12.6. The Morgan fingerprint density at radius 1 is 1.15 bits per heavy atom. The predicted octanol–water partition coefficient (Wildman–Crippen LogP) is -2.10. The molecule has 2 aliphatic carbocycles. The first kappa shape index (κ1) is 19.1. The number of hydrogen-bond acceptors (Lipinski definition) is 4. The summed E-state index contributed by atoms with van der Waals surface area (Å²) in [6, 6.07) is 9.72. The van der Waals surface area contributed by atoms with Gasteiger partial charge in [-0.15, -0.1) is 0 Å². The van der Waals surface area contributed by atoms with Gasteiger partial charge in [-0.25, -0.2) is 4.68 Å². The Hall–Kier alpha value is -1.63. The van der Waals surface area contributed by atoms with Gasteiger partial charge in [-0.3, -0.25) is 4.79 Å². The van der Waals surface area contributed by atoms with Crippen molar-refractivity contribution in [2.75, 3.05) is 0 Å². The van der Waals surface area contributed by atoms with Crippen molar-refractivity contribution in [2.45, 2.75) is 25.8 Å². The van der Waals surface area contributed by atoms with Crippen molar-refractivity contribution in [2.24, 2.45) is 23.7 Å². The molecule has 1 aromatic heterocycles. The molecule has 0 radical (unpaired) electrons. The monoisotopic (exact) mass is 361 g/mol. The van der Waals surface area contributed by atoms with Gasteiger partial charge < -0.3 is 15.2 Å². The van der Waals surface area contributed by atoms with Gasteiger partial charge in [0.05, 0.1) is 11.9 Å². The molecule has 1 heterocycles. The average Bonchev–Trinajstić information content (AvgIpc) is 3.35. The van der Waals surface area contributed by atoms with E-state index in [1.807, 2.05) is 36.5 Å². The van der Waals surface area contributed by atoms with E-state index in [1.165, 1.54) is 0 Å². The Morgan fingerprint density at radius 3 is 2.54 bits per heavy atom. The topological polar surface area (TPSA) is 87.0 Å². The van der Waals surface area contributed by atoms with E-state index in [1.54, 1.807) is 10.9 Å². The third kappa shape index (κ3) is 3.59. The van der Waals surface area contributed by atoms with E-state index < -0.39 is 17.8 Å². The first-order valence-electron chi connectivity index (χ1n) is 8.71. The van der Waals surface area contributed by atoms with Crippen molar-refractivity contribution in [3.63, 3.8) is 0 Å². The number of para-hydroxylation sites is 1. The van der Waals surface area contributed by atoms with Crippen molar-refractivity contribution in [1.82, 2.24) is 15.1 Å². The van der Waals surface area contributed by atoms with Gasteiger partial charge in [0.2, 0.25) is 5.91 Å². The maximum Gasteiger partial charge on any atom is 1.00 e. The third-order valence-corrected chi connectivity index (χ3v) is 5.61. The number of rotatable bonds is 5. The van der Waals surface area contributed by atoms with Crippen LogP contribution in [0, 0.1) is 23.7 Å². The summed E-state index contributed by atoms with van der Waals surface area (Å²) in [5, 5.41) is 18.6. The van der Waals surface area contributed by atoms with Crippen LogP contribution in [0.15, 0.2) is 42.7 Å². The second kappa shape index (κ2) is 7.94. The SMILES string of the molecule is O=C(NCc1cnn(-c2ccccc2)c1)[C@@H]1[C@@H]2CC[C@@H](C2)[C@@H]1C(=O)[O-].[Na+]. The predicted molar refractivity (Wildman–Crippen MR) is 88.2 cm³/mol. The van der Waals surface area contributed by atoms with E-state index in [4.69, 9.17) is 0 Å². The van der Waals surface area contributed by atoms with Gasteiger partial charge >= 0.3 is 29.6 Å². The summed E-state index contributed by atoms with van der Waals surface area (Å²) in [5.74, 6) is -2.05. The summed E-state index contributed by atoms with van der Waals surface area (Å²) in [7, 11) is 0. The van der Waals surface area contributed by atoms with Crippen LogP contribution >= 0.6 is 0 Å². The average molecular weight is 361 g/mol. The van der Waals surface area contributed by atoms with Gasteiger partial charge in [0.1, 0.15) is 0 Å². The molecule has 1 amide bonds. The molecular weight excluding hydrogens is 341 g/mol. The number of aliphatic carboxylic acids is 1. The van der Waals surface area contributed by atoms with Crippen LogP contribution < -0.4 is 40.0 Å². The minimum Gasteiger partial charge on any atom is -0.550 e. The van der Waals surface area contributed by atoms with Crippen molar-refractivity contribution in [1.29, 1.82) is 0 Å². The summed E-state index contributed by atoms with van der Waals surface area (Å²) in [4.78, 5) is 24.0. The van der Waals surface area contributed by atoms with Gasteiger partial charge in [0.15, 0.2) is 0 Å². The number of amides is 1. The number of carboxylic acid groups (broad SMARTS) is 1. The molecule has 6 nitrogen and oxygen atoms in total. The van der Waals surface area contributed by atoms with Crippen LogP contribution in [0.4, 0.5) is 0 Å². The van der Waals surface area contributed by atoms with Crippen LogP contribution in [-0.2, 0) is 16.1 Å². The van der Waals surface area contributed by atoms with Crippen LogP contribution in [0.5, 0.6) is 0 Å². The van der Waals surface area contributed by atoms with E-state index in [-0.39, 0.29) is 47.3 Å². The van der Waals surface area contributed by atoms with Crippen LogP contribution in [0.2, 0.25) is 0 Å². The zero-order chi connectivity index (χ0) is 17.4. The Balaban J connectivity index is 0.00000196. The summed E-state index contributed by atoms with van der Waals surface area (Å²) in [6.07, 6.45) is 6.26. The second-order valence-electron chi connectivity index (χ2n) is 7.05. The molecular formula is C19H20N3NaO3. The molecule has 0 spiro atoms. The summed E-state index contributed by atoms with van der Waals surface area (Å²) in [6.45, 7) is 0.347. The number of aromatic nitrogens is 2. The molecule has 2 saturated carbocycles. The molecule has 0 saturated heterocycles. The maximum absolute atomic E-state index is 12.6. The van der Waals surface area contributed by atoms with E-state index in [9.17, 15) is 14.7 Å². The third-order valence-electron chi connectivity index (χ3n) is 5.61. The second-order valence-corrected chi connectivity index (χ2v) is 7.05. The van der Waals surface area contributed by atoms with Gasteiger partial charge in [-0.2, -0.15) is 5.10 Å². The molecule has 2 bridgehead atoms. The number of hydrogen-bond donors (Lipinski definition) is 1. The minimum absolute atomic E-state index is 0. The Kier molecular flexibility index (Phi) is 5.85. The molecule has 26 heavy (non-hydrogen) atoms. The number of carbonyl (C=O) groups excluding carboxylic acids is 2. The number of benzene rings is 1. The Labute approximate surface area is 174 Å². The van der Waals surface area contributed by atoms with Crippen LogP contribution in [-0.4, -0.2) is 21.7 Å². The van der Waals surface area contributed by atoms with Crippen LogP contribution in [0.25, 0.3) is 5.69 Å². The van der Waals surface area contributed by atoms with Crippen molar-refractivity contribution in [3.8, 4) is 5.69 Å². The van der Waals surface area contributed by atoms with E-state index in [2.05, 4.69) is 10.4 Å². The molecule has 4 rings (SSSR count). The molecule has 0 unspecified atom stereocenters. The molecule has 2 aliphatic rings. The van der Waals surface area contributed by atoms with Crippen LogP contribution in [0.3, 0.4) is 0 Å². The van der Waals surface area contributed by atoms with E-state index in [0.29, 0.717) is 6.54 Å². The Bertz CT molecular complexity index is 792. The zero-order valence-electron chi connectivity index (χ0n) is 14.8. The number of fused-ring (bicyclic) bond motifs is 2. The standard InChI is InChI=1S/C19H21N3O3.Na/c23-18(16-13-6-7-14(8-13)17(16)19(24)25)20-9-12-10-21-22(11-12)15-4-2-1-3-5-15;/h1-5,10-11,13-14,16-17H,6-9H2,(H,20,23)(H,24,25);/q;+1/p-1/t13-,14+,16-,17+;/m1./s1. The van der Waals surface area contributed by atoms with Gasteiger partial charge in [-0.05, 0) is 43.2 Å². The van der Waals surface area contributed by atoms with E-state index in [0.717, 1.165) is 30.5 Å². The molecule has 2 aromatic rings. The summed E-state index contributed by atoms with van der Waals surface area (Å²) < 4.78 is 1.75. The number of carboxylic acids is 1. The zero-order valence-corrected chi connectivity index (χ0v) is 16.8. The fourth-order valence-corrected chi connectivity index (χ4v) is 4.49. The number of carbonyl (C=O) groups is 2. The first-order valence-corrected chi connectivity index (χ1v) is 8.71. The number of nitrogens with one attached hydrogen (secondary N) is 1. The molecule has 1 aromatic carbocycles. The molecule has 0 aliphatic heterocycles. The molecule has 2 fully saturated rings. The normalized spacial score (nSPS) is 26.3. The fourth-order valence-electron chi connectivity index (χ4n) is 4.49. The fraction of sp³-hybridized carbons (Fsp3) is 0.421. The van der Waals surface area contributed by atoms with Crippen molar-refractivity contribution in [3.05, 3.63) is 48.3 Å². The molecule has 7 heteroatoms. The van der Waals surface area contributed by atoms with Gasteiger partial charge in [-0.1, -0.05) is 18.2 Å². The van der Waals surface area contributed by atoms with Crippen molar-refractivity contribution < 1.29 is 44.3 Å². The minimum atomic E-state index is -1.08. The quantitative estimate of drug-likeness (QED) is 0.619. The molecule has 130 valence electrons. The Morgan fingerprint density at radius 2 is 1.85 bits per heavy atom. The van der Waals surface area contributed by atoms with Gasteiger partial charge in [0, 0.05) is 36.1 Å². The molecule has 1 N–H and O–H groups in total. The largest absolute Gasteiger partial charge is 1.00 e. The smallest absolute Gasteiger partial charge is 0.550 e. The van der Waals surface area contributed by atoms with Crippen LogP contribution in [0.1, 0.15) is 24.8 Å². The molecule has 4 atom stereocenters. The summed E-state index contributed by atoms with van der Waals surface area (Å²) >= 11 is 0. The number of nitrogens with zero attached hydrogens (tertiary/aromatic N) is 2. The van der Waals surface area contributed by atoms with Gasteiger partial charge in [0.25, 0.3) is 0 Å². The van der Waals surface area contributed by atoms with E-state index >= 15 is 0 Å². The first-order chi connectivity index (χ1) is 12.1.